The van der Waals surface area contributed by atoms with Crippen LogP contribution in [0.5, 0.6) is 23.5 Å². The van der Waals surface area contributed by atoms with Crippen LogP contribution in [-0.2, 0) is 52.0 Å². The van der Waals surface area contributed by atoms with Crippen LogP contribution in [0.4, 0.5) is 26.3 Å². The number of alkyl halides is 7. The smallest absolute Gasteiger partial charge is 0.416 e. The van der Waals surface area contributed by atoms with Gasteiger partial charge in [-0.25, -0.2) is 9.59 Å². The maximum atomic E-state index is 13.6. The summed E-state index contributed by atoms with van der Waals surface area (Å²) in [6.45, 7) is 3.51. The van der Waals surface area contributed by atoms with Crippen LogP contribution < -0.4 is 32.0 Å². The normalized spacial score (nSPS) is 11.6. The number of aromatic amines is 1. The third-order valence-electron chi connectivity index (χ3n) is 11.2. The topological polar surface area (TPSA) is 205 Å². The minimum Gasteiger partial charge on any atom is -0.425 e. The summed E-state index contributed by atoms with van der Waals surface area (Å²) < 4.78 is 106. The summed E-state index contributed by atoms with van der Waals surface area (Å²) in [6, 6.07) is 25.2. The summed E-state index contributed by atoms with van der Waals surface area (Å²) in [4.78, 5) is 61.9. The average Bonchev–Trinajstić information content (AvgIpc) is 4.23. The van der Waals surface area contributed by atoms with Crippen molar-refractivity contribution in [3.8, 4) is 23.5 Å². The number of imidazole rings is 2. The highest BCUT2D eigenvalue weighted by molar-refractivity contribution is 6.30. The van der Waals surface area contributed by atoms with Crippen LogP contribution in [-0.4, -0.2) is 48.1 Å². The molecule has 0 unspecified atom stereocenters. The SMILES string of the molecule is Cc1cc(CCl)no1.Cc1cc(Cn2c(=O)c3c(nc(Oc4cccc(C(F)(F)F)c4)n3Cc3ccc(Cl)cc3)n(C)c2=O)no1.Cn1c(=O)[nH]c(=O)c2c1nc(Oc1cccc(C(F)(F)F)c1)n2Cc1ccc(Cl)cc1. The number of nitrogens with zero attached hydrogens (tertiary/aromatic N) is 9. The molecule has 0 aliphatic rings. The Morgan fingerprint density at radius 1 is 0.584 bits per heavy atom. The highest BCUT2D eigenvalue weighted by Gasteiger charge is 2.32. The largest absolute Gasteiger partial charge is 0.425 e. The number of hydrogen-bond donors (Lipinski definition) is 1. The lowest BCUT2D eigenvalue weighted by Gasteiger charge is -2.12. The number of hydrogen-bond acceptors (Lipinski definition) is 12. The van der Waals surface area contributed by atoms with E-state index >= 15 is 0 Å². The van der Waals surface area contributed by atoms with Gasteiger partial charge in [-0.3, -0.25) is 37.4 Å². The molecule has 6 heterocycles. The lowest BCUT2D eigenvalue weighted by molar-refractivity contribution is -0.138. The van der Waals surface area contributed by atoms with Crippen molar-refractivity contribution in [3.05, 3.63) is 206 Å². The summed E-state index contributed by atoms with van der Waals surface area (Å²) in [7, 11) is 2.84. The molecule has 0 fully saturated rings. The van der Waals surface area contributed by atoms with Gasteiger partial charge in [0.15, 0.2) is 22.3 Å². The second-order valence-electron chi connectivity index (χ2n) is 16.9. The van der Waals surface area contributed by atoms with Crippen molar-refractivity contribution in [1.82, 2.24) is 48.1 Å². The predicted octanol–water partition coefficient (Wildman–Crippen LogP) is 10.4. The first-order valence-corrected chi connectivity index (χ1v) is 23.8. The molecule has 0 radical (unpaired) electrons. The van der Waals surface area contributed by atoms with E-state index in [2.05, 4.69) is 25.3 Å². The van der Waals surface area contributed by atoms with Crippen LogP contribution in [0.15, 0.2) is 137 Å². The van der Waals surface area contributed by atoms with Gasteiger partial charge in [-0.05, 0) is 85.6 Å². The van der Waals surface area contributed by atoms with Gasteiger partial charge in [0.05, 0.1) is 42.3 Å². The van der Waals surface area contributed by atoms with Crippen molar-refractivity contribution in [2.24, 2.45) is 14.1 Å². The van der Waals surface area contributed by atoms with Gasteiger partial charge < -0.3 is 18.5 Å². The second kappa shape index (κ2) is 22.5. The Labute approximate surface area is 443 Å². The molecule has 0 atom stereocenters. The maximum Gasteiger partial charge on any atom is 0.416 e. The van der Waals surface area contributed by atoms with E-state index in [4.69, 9.17) is 53.3 Å². The average molecular weight is 1130 g/mol. The van der Waals surface area contributed by atoms with E-state index in [0.717, 1.165) is 50.4 Å². The van der Waals surface area contributed by atoms with E-state index in [1.807, 2.05) is 13.0 Å². The minimum atomic E-state index is -4.58. The monoisotopic (exact) mass is 1130 g/mol. The van der Waals surface area contributed by atoms with Gasteiger partial charge in [-0.2, -0.15) is 36.3 Å². The molecule has 27 heteroatoms. The van der Waals surface area contributed by atoms with E-state index < -0.39 is 46.0 Å². The van der Waals surface area contributed by atoms with E-state index in [0.29, 0.717) is 32.9 Å². The van der Waals surface area contributed by atoms with Crippen molar-refractivity contribution < 1.29 is 44.9 Å². The third-order valence-corrected chi connectivity index (χ3v) is 12.0. The molecule has 0 aliphatic carbocycles. The molecule has 6 aromatic heterocycles. The molecule has 10 rings (SSSR count). The van der Waals surface area contributed by atoms with Crippen LogP contribution in [0.1, 0.15) is 45.2 Å². The van der Waals surface area contributed by atoms with Crippen LogP contribution in [0.25, 0.3) is 22.3 Å². The molecule has 0 saturated heterocycles. The van der Waals surface area contributed by atoms with Crippen LogP contribution in [0.2, 0.25) is 10.0 Å². The minimum absolute atomic E-state index is 0.00326. The molecule has 0 bridgehead atoms. The Bertz CT molecular complexity index is 4010. The molecular weight excluding hydrogens is 1090 g/mol. The fourth-order valence-electron chi connectivity index (χ4n) is 7.52. The fourth-order valence-corrected chi connectivity index (χ4v) is 7.90. The van der Waals surface area contributed by atoms with Gasteiger partial charge in [-0.1, -0.05) is 69.9 Å². The lowest BCUT2D eigenvalue weighted by atomic mass is 10.2. The fraction of sp³-hybridized carbons (Fsp3) is 0.200. The number of halogens is 9. The first-order valence-electron chi connectivity index (χ1n) is 22.5. The highest BCUT2D eigenvalue weighted by Crippen LogP contribution is 2.35. The Balaban J connectivity index is 0.000000180. The number of aryl methyl sites for hydroxylation is 4. The zero-order valence-corrected chi connectivity index (χ0v) is 42.7. The van der Waals surface area contributed by atoms with E-state index in [1.165, 1.54) is 52.1 Å². The summed E-state index contributed by atoms with van der Waals surface area (Å²) in [5.74, 6) is 1.48. The zero-order valence-electron chi connectivity index (χ0n) is 40.4. The number of nitrogens with one attached hydrogen (secondary N) is 1. The van der Waals surface area contributed by atoms with E-state index in [1.54, 1.807) is 61.5 Å². The second-order valence-corrected chi connectivity index (χ2v) is 18.0. The number of fused-ring (bicyclic) bond motifs is 2. The molecule has 4 aromatic carbocycles. The summed E-state index contributed by atoms with van der Waals surface area (Å²) in [5, 5.41) is 8.49. The first-order chi connectivity index (χ1) is 36.5. The van der Waals surface area contributed by atoms with Gasteiger partial charge >= 0.3 is 35.8 Å². The van der Waals surface area contributed by atoms with Crippen molar-refractivity contribution >= 4 is 57.1 Å². The summed E-state index contributed by atoms with van der Waals surface area (Å²) >= 11 is 17.3. The Morgan fingerprint density at radius 3 is 1.47 bits per heavy atom. The van der Waals surface area contributed by atoms with Crippen molar-refractivity contribution in [2.45, 2.75) is 51.7 Å². The lowest BCUT2D eigenvalue weighted by Crippen LogP contribution is -2.40. The van der Waals surface area contributed by atoms with E-state index in [-0.39, 0.29) is 65.5 Å². The van der Waals surface area contributed by atoms with Crippen molar-refractivity contribution in [3.63, 3.8) is 0 Å². The summed E-state index contributed by atoms with van der Waals surface area (Å²) in [6.07, 6.45) is -9.14. The zero-order chi connectivity index (χ0) is 55.5. The standard InChI is InChI=1S/C25H19ClF3N5O4.C20H14ClF3N4O3.C5H6ClNO/c1-14-10-18(31-38-14)13-34-22(35)20-21(32(2)24(34)36)30-23(33(20)12-15-6-8-17(26)9-7-15)37-19-5-3-4-16(11-19)25(27,28)29;1-27-16-15(17(29)26-18(27)30)28(10-11-5-7-13(21)8-6-11)19(25-16)31-14-4-2-3-12(9-14)20(22,23)24;1-4-2-5(3-6)7-8-4/h3-11H,12-13H2,1-2H3;2-9H,10H2,1H3,(H,26,29,30);2H,3H2,1H3. The number of H-pyrrole nitrogens is 1. The molecule has 0 amide bonds. The number of rotatable bonds is 11. The van der Waals surface area contributed by atoms with Gasteiger partial charge in [0, 0.05) is 36.3 Å². The molecule has 1 N–H and O–H groups in total. The Morgan fingerprint density at radius 2 is 1.04 bits per heavy atom. The molecule has 77 heavy (non-hydrogen) atoms. The molecule has 18 nitrogen and oxygen atoms in total. The predicted molar refractivity (Wildman–Crippen MR) is 270 cm³/mol. The number of aromatic nitrogens is 10. The van der Waals surface area contributed by atoms with Crippen LogP contribution in [0, 0.1) is 13.8 Å². The molecule has 400 valence electrons. The third kappa shape index (κ3) is 12.7. The van der Waals surface area contributed by atoms with Crippen molar-refractivity contribution in [2.75, 3.05) is 0 Å². The number of ether oxygens (including phenoxy) is 2. The van der Waals surface area contributed by atoms with Gasteiger partial charge in [0.1, 0.15) is 28.7 Å². The van der Waals surface area contributed by atoms with Crippen LogP contribution >= 0.6 is 34.8 Å². The highest BCUT2D eigenvalue weighted by atomic mass is 35.5. The summed E-state index contributed by atoms with van der Waals surface area (Å²) in [5.41, 5.74) is -1.83. The van der Waals surface area contributed by atoms with Gasteiger partial charge in [0.25, 0.3) is 11.1 Å². The maximum absolute atomic E-state index is 13.6. The Kier molecular flexibility index (Phi) is 16.0. The van der Waals surface area contributed by atoms with Crippen molar-refractivity contribution in [1.29, 1.82) is 0 Å². The number of benzene rings is 4. The molecule has 0 saturated carbocycles. The van der Waals surface area contributed by atoms with E-state index in [9.17, 15) is 45.5 Å². The first kappa shape index (κ1) is 54.9. The molecule has 0 aliphatic heterocycles. The molecule has 10 aromatic rings. The Hall–Kier alpha value is -8.35. The van der Waals surface area contributed by atoms with Crippen LogP contribution in [0.3, 0.4) is 0 Å². The quantitative estimate of drug-likeness (QED) is 0.0949. The molecule has 0 spiro atoms. The molecular formula is C50H39Cl3F6N10O8. The van der Waals surface area contributed by atoms with Gasteiger partial charge in [-0.15, -0.1) is 11.6 Å². The van der Waals surface area contributed by atoms with Gasteiger partial charge in [0.2, 0.25) is 0 Å².